The fraction of sp³-hybridized carbons (Fsp3) is 0.400. The molecule has 4 rings (SSSR count). The number of aliphatic hydroxyl groups is 1. The Morgan fingerprint density at radius 2 is 1.50 bits per heavy atom. The summed E-state index contributed by atoms with van der Waals surface area (Å²) in [5, 5.41) is 10.7. The highest BCUT2D eigenvalue weighted by Gasteiger charge is 2.26. The molecule has 2 heterocycles. The van der Waals surface area contributed by atoms with Crippen LogP contribution in [0.3, 0.4) is 0 Å². The molecule has 1 atom stereocenters. The Kier molecular flexibility index (Phi) is 4.79. The van der Waals surface area contributed by atoms with Gasteiger partial charge in [0.15, 0.2) is 0 Å². The van der Waals surface area contributed by atoms with Crippen molar-refractivity contribution < 1.29 is 10.0 Å². The standard InChI is InChI=1S/C20H24N2OS/c23-16(14-21-12-6-1-7-13-21)15-22-17-8-2-4-10-19(17)24-20-11-5-3-9-18(20)22/h2-5,8-11,16,23H,1,6-7,12-15H2/p+1. The third-order valence-electron chi connectivity index (χ3n) is 5.01. The molecular weight excluding hydrogens is 316 g/mol. The van der Waals surface area contributed by atoms with Gasteiger partial charge in [0.05, 0.1) is 31.0 Å². The highest BCUT2D eigenvalue weighted by molar-refractivity contribution is 7.99. The number of nitrogens with zero attached hydrogens (tertiary/aromatic N) is 1. The molecule has 0 saturated carbocycles. The molecule has 4 heteroatoms. The number of para-hydroxylation sites is 2. The van der Waals surface area contributed by atoms with Crippen molar-refractivity contribution in [1.82, 2.24) is 0 Å². The first-order chi connectivity index (χ1) is 11.8. The van der Waals surface area contributed by atoms with E-state index in [4.69, 9.17) is 0 Å². The van der Waals surface area contributed by atoms with Gasteiger partial charge in [-0.05, 0) is 43.5 Å². The van der Waals surface area contributed by atoms with Crippen molar-refractivity contribution >= 4 is 23.1 Å². The van der Waals surface area contributed by atoms with E-state index in [0.29, 0.717) is 6.54 Å². The number of piperidine rings is 1. The number of β-amino-alcohol motifs (C(OH)–C–C–N with tert-alkyl or cyclic N) is 1. The van der Waals surface area contributed by atoms with Crippen LogP contribution in [0.2, 0.25) is 0 Å². The molecule has 0 bridgehead atoms. The van der Waals surface area contributed by atoms with Gasteiger partial charge in [-0.3, -0.25) is 0 Å². The van der Waals surface area contributed by atoms with Gasteiger partial charge in [0.25, 0.3) is 0 Å². The van der Waals surface area contributed by atoms with Crippen LogP contribution in [0.4, 0.5) is 11.4 Å². The fourth-order valence-corrected chi connectivity index (χ4v) is 4.94. The van der Waals surface area contributed by atoms with Gasteiger partial charge >= 0.3 is 0 Å². The van der Waals surface area contributed by atoms with Crippen LogP contribution in [0.1, 0.15) is 19.3 Å². The number of likely N-dealkylation sites (tertiary alicyclic amines) is 1. The molecule has 0 amide bonds. The zero-order valence-electron chi connectivity index (χ0n) is 13.9. The number of aliphatic hydroxyl groups excluding tert-OH is 1. The second-order valence-corrected chi connectivity index (χ2v) is 7.90. The average Bonchev–Trinajstić information content (AvgIpc) is 2.62. The maximum absolute atomic E-state index is 10.7. The van der Waals surface area contributed by atoms with Crippen molar-refractivity contribution in [2.45, 2.75) is 35.2 Å². The lowest BCUT2D eigenvalue weighted by molar-refractivity contribution is -0.907. The van der Waals surface area contributed by atoms with Crippen LogP contribution in [0, 0.1) is 0 Å². The third kappa shape index (κ3) is 3.32. The van der Waals surface area contributed by atoms with Crippen LogP contribution in [0.25, 0.3) is 0 Å². The summed E-state index contributed by atoms with van der Waals surface area (Å²) in [4.78, 5) is 6.40. The number of benzene rings is 2. The molecule has 2 aromatic carbocycles. The second-order valence-electron chi connectivity index (χ2n) is 6.82. The lowest BCUT2D eigenvalue weighted by Crippen LogP contribution is -3.14. The van der Waals surface area contributed by atoms with Crippen LogP contribution in [0.5, 0.6) is 0 Å². The van der Waals surface area contributed by atoms with Crippen molar-refractivity contribution in [3.8, 4) is 0 Å². The molecule has 126 valence electrons. The number of rotatable bonds is 4. The molecule has 1 unspecified atom stereocenters. The van der Waals surface area contributed by atoms with Crippen LogP contribution in [-0.4, -0.2) is 37.4 Å². The maximum Gasteiger partial charge on any atom is 0.121 e. The Balaban J connectivity index is 1.55. The fourth-order valence-electron chi connectivity index (χ4n) is 3.84. The molecule has 2 aromatic rings. The van der Waals surface area contributed by atoms with E-state index in [0.717, 1.165) is 6.54 Å². The predicted molar refractivity (Wildman–Crippen MR) is 99.4 cm³/mol. The maximum atomic E-state index is 10.7. The molecule has 0 aliphatic carbocycles. The Labute approximate surface area is 148 Å². The third-order valence-corrected chi connectivity index (χ3v) is 6.14. The van der Waals surface area contributed by atoms with E-state index >= 15 is 0 Å². The molecule has 2 aliphatic heterocycles. The van der Waals surface area contributed by atoms with Crippen molar-refractivity contribution in [2.75, 3.05) is 31.1 Å². The van der Waals surface area contributed by atoms with Gasteiger partial charge in [-0.15, -0.1) is 0 Å². The first kappa shape index (κ1) is 16.0. The van der Waals surface area contributed by atoms with Gasteiger partial charge in [0.1, 0.15) is 12.6 Å². The summed E-state index contributed by atoms with van der Waals surface area (Å²) in [6.45, 7) is 3.94. The molecule has 0 radical (unpaired) electrons. The van der Waals surface area contributed by atoms with E-state index in [1.807, 2.05) is 11.8 Å². The molecule has 24 heavy (non-hydrogen) atoms. The van der Waals surface area contributed by atoms with Gasteiger partial charge in [0.2, 0.25) is 0 Å². The van der Waals surface area contributed by atoms with Crippen LogP contribution in [0.15, 0.2) is 58.3 Å². The molecule has 2 aliphatic rings. The van der Waals surface area contributed by atoms with Gasteiger partial charge in [-0.1, -0.05) is 36.0 Å². The number of fused-ring (bicyclic) bond motifs is 2. The monoisotopic (exact) mass is 341 g/mol. The summed E-state index contributed by atoms with van der Waals surface area (Å²) in [6.07, 6.45) is 3.65. The number of anilines is 2. The summed E-state index contributed by atoms with van der Waals surface area (Å²) in [7, 11) is 0. The van der Waals surface area contributed by atoms with Crippen LogP contribution in [-0.2, 0) is 0 Å². The number of hydrogen-bond donors (Lipinski definition) is 2. The minimum absolute atomic E-state index is 0.303. The Bertz CT molecular complexity index is 654. The number of nitrogens with one attached hydrogen (secondary N) is 1. The second kappa shape index (κ2) is 7.18. The summed E-state index contributed by atoms with van der Waals surface area (Å²) in [5.74, 6) is 0. The van der Waals surface area contributed by atoms with Crippen LogP contribution < -0.4 is 9.80 Å². The SMILES string of the molecule is OC(CN1c2ccccc2Sc2ccccc21)C[NH+]1CCCCC1. The minimum Gasteiger partial charge on any atom is -0.385 e. The Morgan fingerprint density at radius 1 is 0.917 bits per heavy atom. The Morgan fingerprint density at radius 3 is 2.12 bits per heavy atom. The van der Waals surface area contributed by atoms with E-state index in [9.17, 15) is 5.11 Å². The summed E-state index contributed by atoms with van der Waals surface area (Å²) in [6, 6.07) is 17.0. The first-order valence-corrected chi connectivity index (χ1v) is 9.78. The molecule has 0 spiro atoms. The lowest BCUT2D eigenvalue weighted by atomic mass is 10.1. The highest BCUT2D eigenvalue weighted by atomic mass is 32.2. The first-order valence-electron chi connectivity index (χ1n) is 8.96. The average molecular weight is 342 g/mol. The van der Waals surface area contributed by atoms with E-state index in [2.05, 4.69) is 53.4 Å². The molecule has 1 saturated heterocycles. The summed E-state index contributed by atoms with van der Waals surface area (Å²) >= 11 is 1.82. The van der Waals surface area contributed by atoms with Gasteiger partial charge < -0.3 is 14.9 Å². The van der Waals surface area contributed by atoms with E-state index in [1.165, 1.54) is 53.5 Å². The largest absolute Gasteiger partial charge is 0.385 e. The Hall–Kier alpha value is -1.49. The molecule has 2 N–H and O–H groups in total. The topological polar surface area (TPSA) is 27.9 Å². The predicted octanol–water partition coefficient (Wildman–Crippen LogP) is 2.72. The van der Waals surface area contributed by atoms with Crippen LogP contribution >= 0.6 is 11.8 Å². The lowest BCUT2D eigenvalue weighted by Gasteiger charge is -2.35. The molecule has 0 aromatic heterocycles. The number of hydrogen-bond acceptors (Lipinski definition) is 3. The normalized spacial score (nSPS) is 18.8. The van der Waals surface area contributed by atoms with E-state index in [-0.39, 0.29) is 6.10 Å². The van der Waals surface area contributed by atoms with Gasteiger partial charge in [-0.2, -0.15) is 0 Å². The zero-order valence-corrected chi connectivity index (χ0v) is 14.8. The summed E-state index contributed by atoms with van der Waals surface area (Å²) in [5.41, 5.74) is 2.43. The van der Waals surface area contributed by atoms with Crippen molar-refractivity contribution in [1.29, 1.82) is 0 Å². The van der Waals surface area contributed by atoms with Crippen molar-refractivity contribution in [3.05, 3.63) is 48.5 Å². The van der Waals surface area contributed by atoms with Crippen molar-refractivity contribution in [3.63, 3.8) is 0 Å². The van der Waals surface area contributed by atoms with Gasteiger partial charge in [0, 0.05) is 9.79 Å². The van der Waals surface area contributed by atoms with Crippen molar-refractivity contribution in [2.24, 2.45) is 0 Å². The van der Waals surface area contributed by atoms with Gasteiger partial charge in [-0.25, -0.2) is 0 Å². The minimum atomic E-state index is -0.303. The molecule has 1 fully saturated rings. The smallest absolute Gasteiger partial charge is 0.121 e. The van der Waals surface area contributed by atoms with E-state index in [1.54, 1.807) is 4.90 Å². The highest BCUT2D eigenvalue weighted by Crippen LogP contribution is 2.47. The van der Waals surface area contributed by atoms with E-state index < -0.39 is 0 Å². The summed E-state index contributed by atoms with van der Waals surface area (Å²) < 4.78 is 0. The molecule has 3 nitrogen and oxygen atoms in total. The molecular formula is C20H25N2OS+. The quantitative estimate of drug-likeness (QED) is 0.896. The number of quaternary nitrogens is 1. The zero-order chi connectivity index (χ0) is 16.4.